The van der Waals surface area contributed by atoms with E-state index in [0.29, 0.717) is 30.1 Å². The van der Waals surface area contributed by atoms with Gasteiger partial charge >= 0.3 is 0 Å². The van der Waals surface area contributed by atoms with Gasteiger partial charge in [-0.1, -0.05) is 55.3 Å². The van der Waals surface area contributed by atoms with Crippen LogP contribution >= 0.6 is 0 Å². The third-order valence-electron chi connectivity index (χ3n) is 3.63. The Morgan fingerprint density at radius 2 is 1.87 bits per heavy atom. The zero-order valence-corrected chi connectivity index (χ0v) is 13.4. The summed E-state index contributed by atoms with van der Waals surface area (Å²) in [5.74, 6) is 0.682. The molecule has 23 heavy (non-hydrogen) atoms. The zero-order valence-electron chi connectivity index (χ0n) is 13.4. The number of hydrogen-bond acceptors (Lipinski definition) is 4. The van der Waals surface area contributed by atoms with E-state index in [4.69, 9.17) is 4.74 Å². The van der Waals surface area contributed by atoms with Gasteiger partial charge in [0, 0.05) is 18.1 Å². The van der Waals surface area contributed by atoms with Crippen LogP contribution in [0, 0.1) is 0 Å². The average molecular weight is 313 g/mol. The van der Waals surface area contributed by atoms with Gasteiger partial charge in [0.1, 0.15) is 11.5 Å². The van der Waals surface area contributed by atoms with Crippen molar-refractivity contribution in [1.82, 2.24) is 0 Å². The van der Waals surface area contributed by atoms with Gasteiger partial charge in [-0.3, -0.25) is 0 Å². The smallest absolute Gasteiger partial charge is 0.128 e. The molecule has 0 saturated carbocycles. The first-order valence-electron chi connectivity index (χ1n) is 7.95. The minimum absolute atomic E-state index is 0.0572. The number of hydrogen-bond donors (Lipinski definition) is 2. The lowest BCUT2D eigenvalue weighted by Gasteiger charge is -2.10. The van der Waals surface area contributed by atoms with E-state index >= 15 is 0 Å². The molecule has 0 radical (unpaired) electrons. The molecule has 0 heterocycles. The van der Waals surface area contributed by atoms with E-state index in [1.54, 1.807) is 18.2 Å². The zero-order chi connectivity index (χ0) is 16.5. The lowest BCUT2D eigenvalue weighted by molar-refractivity contribution is 0.304. The molecule has 0 fully saturated rings. The molecule has 2 aromatic carbocycles. The van der Waals surface area contributed by atoms with Crippen LogP contribution in [0.1, 0.15) is 37.3 Å². The largest absolute Gasteiger partial charge is 0.507 e. The van der Waals surface area contributed by atoms with Gasteiger partial charge in [-0.05, 0) is 24.1 Å². The number of phenolic OH excluding ortho intramolecular Hbond substituents is 1. The molecule has 0 amide bonds. The number of rotatable bonds is 8. The van der Waals surface area contributed by atoms with Gasteiger partial charge in [0.15, 0.2) is 0 Å². The maximum absolute atomic E-state index is 10.2. The molecule has 2 aromatic rings. The molecule has 4 nitrogen and oxygen atoms in total. The van der Waals surface area contributed by atoms with Crippen molar-refractivity contribution in [1.29, 1.82) is 0 Å². The summed E-state index contributed by atoms with van der Waals surface area (Å²) in [7, 11) is 0. The number of benzene rings is 2. The predicted octanol–water partition coefficient (Wildman–Crippen LogP) is 4.38. The SMILES string of the molecule is CCCCCOc1ccc(/C(Cc2ccccc2)=N\O)c(O)c1. The maximum Gasteiger partial charge on any atom is 0.128 e. The third kappa shape index (κ3) is 5.02. The average Bonchev–Trinajstić information content (AvgIpc) is 2.58. The van der Waals surface area contributed by atoms with Crippen LogP contribution in [0.5, 0.6) is 11.5 Å². The fourth-order valence-corrected chi connectivity index (χ4v) is 2.36. The molecule has 0 aliphatic rings. The van der Waals surface area contributed by atoms with Crippen LogP contribution in [0.15, 0.2) is 53.7 Å². The van der Waals surface area contributed by atoms with E-state index in [0.717, 1.165) is 24.8 Å². The molecule has 0 aliphatic carbocycles. The summed E-state index contributed by atoms with van der Waals surface area (Å²) in [6.45, 7) is 2.78. The van der Waals surface area contributed by atoms with Crippen molar-refractivity contribution < 1.29 is 15.1 Å². The molecule has 0 aliphatic heterocycles. The first kappa shape index (κ1) is 16.9. The summed E-state index contributed by atoms with van der Waals surface area (Å²) >= 11 is 0. The predicted molar refractivity (Wildman–Crippen MR) is 91.6 cm³/mol. The Hall–Kier alpha value is -2.49. The molecule has 122 valence electrons. The quantitative estimate of drug-likeness (QED) is 0.329. The van der Waals surface area contributed by atoms with Gasteiger partial charge in [-0.2, -0.15) is 0 Å². The molecule has 4 heteroatoms. The molecular formula is C19H23NO3. The molecule has 0 unspecified atom stereocenters. The van der Waals surface area contributed by atoms with E-state index in [1.807, 2.05) is 30.3 Å². The van der Waals surface area contributed by atoms with Gasteiger partial charge in [-0.25, -0.2) is 0 Å². The second kappa shape index (κ2) is 8.83. The minimum atomic E-state index is 0.0572. The summed E-state index contributed by atoms with van der Waals surface area (Å²) in [6.07, 6.45) is 3.71. The summed E-state index contributed by atoms with van der Waals surface area (Å²) in [4.78, 5) is 0. The first-order chi connectivity index (χ1) is 11.2. The number of aromatic hydroxyl groups is 1. The Kier molecular flexibility index (Phi) is 6.48. The standard InChI is InChI=1S/C19H23NO3/c1-2-3-7-12-23-16-10-11-17(19(21)14-16)18(20-22)13-15-8-5-4-6-9-15/h4-6,8-11,14,21-22H,2-3,7,12-13H2,1H3/b20-18-. The van der Waals surface area contributed by atoms with Crippen LogP contribution in [-0.2, 0) is 6.42 Å². The molecule has 0 saturated heterocycles. The minimum Gasteiger partial charge on any atom is -0.507 e. The Bertz CT molecular complexity index is 638. The summed E-state index contributed by atoms with van der Waals surface area (Å²) < 4.78 is 5.61. The van der Waals surface area contributed by atoms with Crippen molar-refractivity contribution in [3.05, 3.63) is 59.7 Å². The number of phenols is 1. The summed E-state index contributed by atoms with van der Waals surface area (Å²) in [5.41, 5.74) is 1.95. The molecule has 2 N–H and O–H groups in total. The van der Waals surface area contributed by atoms with Crippen molar-refractivity contribution in [2.24, 2.45) is 5.16 Å². The van der Waals surface area contributed by atoms with E-state index in [-0.39, 0.29) is 5.75 Å². The van der Waals surface area contributed by atoms with Crippen LogP contribution in [-0.4, -0.2) is 22.6 Å². The molecule has 0 spiro atoms. The third-order valence-corrected chi connectivity index (χ3v) is 3.63. The van der Waals surface area contributed by atoms with Gasteiger partial charge in [-0.15, -0.1) is 0 Å². The second-order valence-electron chi connectivity index (χ2n) is 5.44. The van der Waals surface area contributed by atoms with Crippen LogP contribution in [0.2, 0.25) is 0 Å². The second-order valence-corrected chi connectivity index (χ2v) is 5.44. The van der Waals surface area contributed by atoms with Crippen molar-refractivity contribution in [3.63, 3.8) is 0 Å². The highest BCUT2D eigenvalue weighted by atomic mass is 16.5. The van der Waals surface area contributed by atoms with Crippen LogP contribution < -0.4 is 4.74 Å². The van der Waals surface area contributed by atoms with Crippen LogP contribution in [0.25, 0.3) is 0 Å². The molecular weight excluding hydrogens is 290 g/mol. The van der Waals surface area contributed by atoms with Crippen molar-refractivity contribution in [3.8, 4) is 11.5 Å². The van der Waals surface area contributed by atoms with Gasteiger partial charge < -0.3 is 15.1 Å². The normalized spacial score (nSPS) is 11.4. The fourth-order valence-electron chi connectivity index (χ4n) is 2.36. The molecule has 0 aromatic heterocycles. The fraction of sp³-hybridized carbons (Fsp3) is 0.316. The van der Waals surface area contributed by atoms with Crippen molar-refractivity contribution in [2.45, 2.75) is 32.6 Å². The first-order valence-corrected chi connectivity index (χ1v) is 7.95. The maximum atomic E-state index is 10.2. The van der Waals surface area contributed by atoms with E-state index < -0.39 is 0 Å². The number of oxime groups is 1. The van der Waals surface area contributed by atoms with Gasteiger partial charge in [0.2, 0.25) is 0 Å². The number of ether oxygens (including phenoxy) is 1. The molecule has 0 atom stereocenters. The van der Waals surface area contributed by atoms with Crippen LogP contribution in [0.3, 0.4) is 0 Å². The highest BCUT2D eigenvalue weighted by Gasteiger charge is 2.12. The van der Waals surface area contributed by atoms with Gasteiger partial charge in [0.05, 0.1) is 12.3 Å². The topological polar surface area (TPSA) is 62.0 Å². The summed E-state index contributed by atoms with van der Waals surface area (Å²) in [5, 5.41) is 22.8. The Morgan fingerprint density at radius 1 is 1.09 bits per heavy atom. The number of unbranched alkanes of at least 4 members (excludes halogenated alkanes) is 2. The van der Waals surface area contributed by atoms with E-state index in [2.05, 4.69) is 12.1 Å². The lowest BCUT2D eigenvalue weighted by Crippen LogP contribution is -2.06. The van der Waals surface area contributed by atoms with Crippen molar-refractivity contribution >= 4 is 5.71 Å². The highest BCUT2D eigenvalue weighted by molar-refractivity contribution is 6.03. The van der Waals surface area contributed by atoms with Crippen LogP contribution in [0.4, 0.5) is 0 Å². The Labute approximate surface area is 137 Å². The molecule has 0 bridgehead atoms. The van der Waals surface area contributed by atoms with E-state index in [1.165, 1.54) is 0 Å². The number of nitrogens with zero attached hydrogens (tertiary/aromatic N) is 1. The van der Waals surface area contributed by atoms with Crippen molar-refractivity contribution in [2.75, 3.05) is 6.61 Å². The highest BCUT2D eigenvalue weighted by Crippen LogP contribution is 2.25. The summed E-state index contributed by atoms with van der Waals surface area (Å²) in [6, 6.07) is 14.8. The Morgan fingerprint density at radius 3 is 2.52 bits per heavy atom. The lowest BCUT2D eigenvalue weighted by atomic mass is 10.0. The van der Waals surface area contributed by atoms with E-state index in [9.17, 15) is 10.3 Å². The molecule has 2 rings (SSSR count). The monoisotopic (exact) mass is 313 g/mol. The van der Waals surface area contributed by atoms with Gasteiger partial charge in [0.25, 0.3) is 0 Å². The Balaban J connectivity index is 2.06.